The molecule has 0 aliphatic heterocycles. The summed E-state index contributed by atoms with van der Waals surface area (Å²) in [5.74, 6) is 0. The maximum absolute atomic E-state index is 6.37. The lowest BCUT2D eigenvalue weighted by Crippen LogP contribution is -1.93. The number of hydrogen-bond donors (Lipinski definition) is 0. The molecule has 4 heteroatoms. The molecule has 0 aliphatic carbocycles. The quantitative estimate of drug-likeness (QED) is 0.182. The van der Waals surface area contributed by atoms with Gasteiger partial charge in [0.1, 0.15) is 11.2 Å². The van der Waals surface area contributed by atoms with E-state index in [-0.39, 0.29) is 0 Å². The highest BCUT2D eigenvalue weighted by Crippen LogP contribution is 2.46. The van der Waals surface area contributed by atoms with Gasteiger partial charge in [-0.2, -0.15) is 0 Å². The van der Waals surface area contributed by atoms with E-state index in [0.29, 0.717) is 0 Å². The topological polar surface area (TPSA) is 23.0 Å². The van der Waals surface area contributed by atoms with Gasteiger partial charge in [0.2, 0.25) is 0 Å². The van der Waals surface area contributed by atoms with Gasteiger partial charge in [0, 0.05) is 63.9 Å². The Morgan fingerprint density at radius 3 is 1.77 bits per heavy atom. The van der Waals surface area contributed by atoms with Gasteiger partial charge >= 0.3 is 0 Å². The highest BCUT2D eigenvalue weighted by Gasteiger charge is 2.21. The zero-order chi connectivity index (χ0) is 33.9. The van der Waals surface area contributed by atoms with Crippen LogP contribution in [-0.4, -0.2) is 9.13 Å². The van der Waals surface area contributed by atoms with Crippen LogP contribution in [0.3, 0.4) is 0 Å². The van der Waals surface area contributed by atoms with Crippen LogP contribution in [0.25, 0.3) is 108 Å². The monoisotopic (exact) mass is 680 g/mol. The number of fused-ring (bicyclic) bond motifs is 14. The van der Waals surface area contributed by atoms with Gasteiger partial charge in [-0.3, -0.25) is 0 Å². The summed E-state index contributed by atoms with van der Waals surface area (Å²) >= 11 is 1.88. The molecular weight excluding hydrogens is 653 g/mol. The van der Waals surface area contributed by atoms with Gasteiger partial charge in [0.25, 0.3) is 0 Å². The molecule has 0 aliphatic rings. The van der Waals surface area contributed by atoms with E-state index in [1.54, 1.807) is 0 Å². The van der Waals surface area contributed by atoms with Crippen molar-refractivity contribution in [2.45, 2.75) is 0 Å². The summed E-state index contributed by atoms with van der Waals surface area (Å²) in [6.45, 7) is 0. The highest BCUT2D eigenvalue weighted by molar-refractivity contribution is 7.26. The third-order valence-electron chi connectivity index (χ3n) is 10.9. The van der Waals surface area contributed by atoms with Gasteiger partial charge in [-0.05, 0) is 90.0 Å². The van der Waals surface area contributed by atoms with Gasteiger partial charge in [-0.1, -0.05) is 91.0 Å². The second-order valence-electron chi connectivity index (χ2n) is 13.7. The molecule has 0 spiro atoms. The first-order valence-corrected chi connectivity index (χ1v) is 18.5. The van der Waals surface area contributed by atoms with E-state index in [9.17, 15) is 0 Å². The van der Waals surface area contributed by atoms with Crippen LogP contribution < -0.4 is 0 Å². The van der Waals surface area contributed by atoms with E-state index in [1.807, 2.05) is 17.4 Å². The molecule has 3 nitrogen and oxygen atoms in total. The minimum atomic E-state index is 0.914. The van der Waals surface area contributed by atoms with Crippen LogP contribution in [0.5, 0.6) is 0 Å². The molecule has 0 radical (unpaired) electrons. The molecule has 4 heterocycles. The number of para-hydroxylation sites is 3. The van der Waals surface area contributed by atoms with Crippen LogP contribution in [0.1, 0.15) is 0 Å². The van der Waals surface area contributed by atoms with E-state index >= 15 is 0 Å². The Labute approximate surface area is 301 Å². The van der Waals surface area contributed by atoms with Crippen molar-refractivity contribution < 1.29 is 4.42 Å². The van der Waals surface area contributed by atoms with Gasteiger partial charge in [-0.15, -0.1) is 11.3 Å². The van der Waals surface area contributed by atoms with Crippen LogP contribution in [0.2, 0.25) is 0 Å². The molecule has 0 atom stereocenters. The molecule has 242 valence electrons. The van der Waals surface area contributed by atoms with Crippen molar-refractivity contribution in [1.29, 1.82) is 0 Å². The van der Waals surface area contributed by atoms with Crippen molar-refractivity contribution in [2.24, 2.45) is 0 Å². The number of thiophene rings is 1. The fourth-order valence-corrected chi connectivity index (χ4v) is 9.83. The summed E-state index contributed by atoms with van der Waals surface area (Å²) in [5, 5.41) is 9.98. The smallest absolute Gasteiger partial charge is 0.136 e. The maximum atomic E-state index is 6.37. The van der Waals surface area contributed by atoms with Crippen LogP contribution in [0.4, 0.5) is 0 Å². The SMILES string of the molecule is c1ccc(-n2c3cc(-c4ccc5c(c4)c4c6c(ccc4n5-c4ccccc4)sc4ccccc46)ccc3c3c4c(ccc32)oc2ccccc24)cc1. The van der Waals surface area contributed by atoms with Crippen molar-refractivity contribution in [3.05, 3.63) is 170 Å². The normalized spacial score (nSPS) is 12.2. The van der Waals surface area contributed by atoms with Gasteiger partial charge < -0.3 is 13.6 Å². The van der Waals surface area contributed by atoms with Crippen molar-refractivity contribution in [3.63, 3.8) is 0 Å². The van der Waals surface area contributed by atoms with Gasteiger partial charge in [0.05, 0.1) is 22.1 Å². The molecule has 4 aromatic heterocycles. The van der Waals surface area contributed by atoms with Crippen LogP contribution in [-0.2, 0) is 0 Å². The summed E-state index contributed by atoms with van der Waals surface area (Å²) in [7, 11) is 0. The van der Waals surface area contributed by atoms with Gasteiger partial charge in [-0.25, -0.2) is 0 Å². The highest BCUT2D eigenvalue weighted by atomic mass is 32.1. The molecule has 52 heavy (non-hydrogen) atoms. The number of aromatic nitrogens is 2. The largest absolute Gasteiger partial charge is 0.456 e. The molecule has 0 fully saturated rings. The molecule has 0 saturated heterocycles. The van der Waals surface area contributed by atoms with E-state index < -0.39 is 0 Å². The number of benzene rings is 8. The Morgan fingerprint density at radius 2 is 0.962 bits per heavy atom. The number of rotatable bonds is 3. The Kier molecular flexibility index (Phi) is 5.65. The van der Waals surface area contributed by atoms with E-state index in [0.717, 1.165) is 22.2 Å². The average molecular weight is 681 g/mol. The van der Waals surface area contributed by atoms with Crippen LogP contribution >= 0.6 is 11.3 Å². The van der Waals surface area contributed by atoms with E-state index in [1.165, 1.54) is 86.0 Å². The van der Waals surface area contributed by atoms with Crippen molar-refractivity contribution in [2.75, 3.05) is 0 Å². The zero-order valence-corrected chi connectivity index (χ0v) is 28.7. The first-order valence-electron chi connectivity index (χ1n) is 17.7. The number of nitrogens with zero attached hydrogens (tertiary/aromatic N) is 2. The number of furan rings is 1. The molecular formula is C48H28N2OS. The zero-order valence-electron chi connectivity index (χ0n) is 27.9. The minimum Gasteiger partial charge on any atom is -0.456 e. The maximum Gasteiger partial charge on any atom is 0.136 e. The molecule has 0 amide bonds. The Balaban J connectivity index is 1.17. The van der Waals surface area contributed by atoms with Crippen molar-refractivity contribution in [3.8, 4) is 22.5 Å². The fraction of sp³-hybridized carbons (Fsp3) is 0. The summed E-state index contributed by atoms with van der Waals surface area (Å²) in [6.07, 6.45) is 0. The van der Waals surface area contributed by atoms with E-state index in [4.69, 9.17) is 4.42 Å². The predicted octanol–water partition coefficient (Wildman–Crippen LogP) is 13.8. The molecule has 12 aromatic rings. The van der Waals surface area contributed by atoms with Crippen molar-refractivity contribution >= 4 is 97.1 Å². The average Bonchev–Trinajstić information content (AvgIpc) is 3.95. The van der Waals surface area contributed by atoms with Gasteiger partial charge in [0.15, 0.2) is 0 Å². The molecule has 12 rings (SSSR count). The summed E-state index contributed by atoms with van der Waals surface area (Å²) in [5.41, 5.74) is 11.3. The molecule has 0 bridgehead atoms. The molecule has 0 saturated carbocycles. The van der Waals surface area contributed by atoms with E-state index in [2.05, 4.69) is 173 Å². The third-order valence-corrected chi connectivity index (χ3v) is 12.0. The van der Waals surface area contributed by atoms with Crippen LogP contribution in [0, 0.1) is 0 Å². The molecule has 0 unspecified atom stereocenters. The first-order chi connectivity index (χ1) is 25.8. The standard InChI is InChI=1S/C48H28N2OS/c1-3-11-31(12-4-1)49-37-22-20-29(27-36(37)46-39(49)24-26-44-48(46)35-16-8-10-18-43(35)52-44)30-19-21-33-40(28-30)50(32-13-5-2-6-14-32)38-23-25-42-47(45(33)38)34-15-7-9-17-41(34)51-42/h1-28H. The number of hydrogen-bond acceptors (Lipinski definition) is 2. The Hall–Kier alpha value is -6.62. The van der Waals surface area contributed by atoms with Crippen molar-refractivity contribution in [1.82, 2.24) is 9.13 Å². The summed E-state index contributed by atoms with van der Waals surface area (Å²) in [4.78, 5) is 0. The Morgan fingerprint density at radius 1 is 0.346 bits per heavy atom. The van der Waals surface area contributed by atoms with Crippen LogP contribution in [0.15, 0.2) is 174 Å². The predicted molar refractivity (Wildman–Crippen MR) is 221 cm³/mol. The summed E-state index contributed by atoms with van der Waals surface area (Å²) < 4.78 is 13.8. The Bertz CT molecular complexity index is 3400. The first kappa shape index (κ1) is 28.1. The molecule has 0 N–H and O–H groups in total. The lowest BCUT2D eigenvalue weighted by Gasteiger charge is -2.10. The summed E-state index contributed by atoms with van der Waals surface area (Å²) in [6, 6.07) is 61.7. The lowest BCUT2D eigenvalue weighted by molar-refractivity contribution is 0.669. The lowest BCUT2D eigenvalue weighted by atomic mass is 9.99. The minimum absolute atomic E-state index is 0.914. The third kappa shape index (κ3) is 3.79. The molecule has 8 aromatic carbocycles. The second kappa shape index (κ2) is 10.5. The second-order valence-corrected chi connectivity index (χ2v) is 14.8. The fourth-order valence-electron chi connectivity index (χ4n) is 8.72.